The highest BCUT2D eigenvalue weighted by atomic mass is 15.1. The first-order chi connectivity index (χ1) is 5.92. The van der Waals surface area contributed by atoms with E-state index in [0.717, 1.165) is 5.92 Å². The van der Waals surface area contributed by atoms with Crippen LogP contribution in [0.25, 0.3) is 0 Å². The van der Waals surface area contributed by atoms with Crippen LogP contribution in [0.15, 0.2) is 11.8 Å². The van der Waals surface area contributed by atoms with Crippen LogP contribution in [0.5, 0.6) is 0 Å². The first-order valence-corrected chi connectivity index (χ1v) is 5.35. The van der Waals surface area contributed by atoms with Crippen molar-refractivity contribution in [2.45, 2.75) is 41.0 Å². The number of hydrogen-bond donors (Lipinski definition) is 0. The van der Waals surface area contributed by atoms with Crippen LogP contribution in [0.2, 0.25) is 0 Å². The number of hydrogen-bond acceptors (Lipinski definition) is 1. The van der Waals surface area contributed by atoms with Gasteiger partial charge in [0.15, 0.2) is 0 Å². The van der Waals surface area contributed by atoms with Gasteiger partial charge in [-0.1, -0.05) is 33.3 Å². The van der Waals surface area contributed by atoms with Crippen LogP contribution in [0.4, 0.5) is 0 Å². The van der Waals surface area contributed by atoms with Gasteiger partial charge < -0.3 is 4.90 Å². The fourth-order valence-electron chi connectivity index (χ4n) is 1.75. The minimum Gasteiger partial charge on any atom is -0.377 e. The largest absolute Gasteiger partial charge is 0.377 e. The number of rotatable bonds is 2. The number of allylic oxidation sites excluding steroid dienone is 1. The Balaban J connectivity index is 2.61. The van der Waals surface area contributed by atoms with Crippen molar-refractivity contribution in [3.8, 4) is 0 Å². The molecule has 76 valence electrons. The predicted octanol–water partition coefficient (Wildman–Crippen LogP) is 3.28. The molecule has 0 N–H and O–H groups in total. The molecular formula is C12H23N. The van der Waals surface area contributed by atoms with Crippen molar-refractivity contribution in [2.75, 3.05) is 13.1 Å². The first-order valence-electron chi connectivity index (χ1n) is 5.35. The lowest BCUT2D eigenvalue weighted by atomic mass is 9.80. The first kappa shape index (κ1) is 10.6. The van der Waals surface area contributed by atoms with E-state index in [2.05, 4.69) is 45.7 Å². The van der Waals surface area contributed by atoms with Gasteiger partial charge in [0.2, 0.25) is 0 Å². The molecule has 0 aromatic rings. The fraction of sp³-hybridized carbons (Fsp3) is 0.833. The minimum absolute atomic E-state index is 0.424. The lowest BCUT2D eigenvalue weighted by Crippen LogP contribution is -2.33. The summed E-state index contributed by atoms with van der Waals surface area (Å²) < 4.78 is 0. The average molecular weight is 181 g/mol. The zero-order valence-corrected chi connectivity index (χ0v) is 9.72. The second-order valence-corrected chi connectivity index (χ2v) is 5.33. The highest BCUT2D eigenvalue weighted by Gasteiger charge is 2.25. The van der Waals surface area contributed by atoms with Gasteiger partial charge in [0.25, 0.3) is 0 Å². The van der Waals surface area contributed by atoms with Gasteiger partial charge in [0.1, 0.15) is 0 Å². The van der Waals surface area contributed by atoms with Gasteiger partial charge in [-0.3, -0.25) is 0 Å². The van der Waals surface area contributed by atoms with E-state index in [1.165, 1.54) is 25.1 Å². The molecule has 0 bridgehead atoms. The topological polar surface area (TPSA) is 3.24 Å². The summed E-state index contributed by atoms with van der Waals surface area (Å²) in [6.45, 7) is 13.9. The molecule has 0 unspecified atom stereocenters. The molecule has 13 heavy (non-hydrogen) atoms. The summed E-state index contributed by atoms with van der Waals surface area (Å²) in [4.78, 5) is 2.46. The standard InChI is InChI=1S/C12H23N/c1-10(2)8-13-7-6-12(4,5)11(3)9-13/h9-10H,6-8H2,1-5H3. The Morgan fingerprint density at radius 1 is 1.46 bits per heavy atom. The van der Waals surface area contributed by atoms with Crippen molar-refractivity contribution in [3.05, 3.63) is 11.8 Å². The van der Waals surface area contributed by atoms with Crippen molar-refractivity contribution in [3.63, 3.8) is 0 Å². The van der Waals surface area contributed by atoms with Crippen LogP contribution in [-0.2, 0) is 0 Å². The maximum Gasteiger partial charge on any atom is 0.0195 e. The summed E-state index contributed by atoms with van der Waals surface area (Å²) in [5.41, 5.74) is 1.95. The van der Waals surface area contributed by atoms with Crippen LogP contribution >= 0.6 is 0 Å². The maximum atomic E-state index is 2.46. The van der Waals surface area contributed by atoms with E-state index in [1.807, 2.05) is 0 Å². The molecule has 0 atom stereocenters. The van der Waals surface area contributed by atoms with E-state index >= 15 is 0 Å². The van der Waals surface area contributed by atoms with Crippen molar-refractivity contribution >= 4 is 0 Å². The van der Waals surface area contributed by atoms with Gasteiger partial charge in [-0.25, -0.2) is 0 Å². The van der Waals surface area contributed by atoms with Gasteiger partial charge in [-0.2, -0.15) is 0 Å². The Bertz CT molecular complexity index is 201. The highest BCUT2D eigenvalue weighted by Crippen LogP contribution is 2.33. The normalized spacial score (nSPS) is 22.0. The van der Waals surface area contributed by atoms with Gasteiger partial charge in [0, 0.05) is 13.1 Å². The zero-order valence-electron chi connectivity index (χ0n) is 9.72. The highest BCUT2D eigenvalue weighted by molar-refractivity contribution is 5.12. The quantitative estimate of drug-likeness (QED) is 0.632. The van der Waals surface area contributed by atoms with Crippen LogP contribution in [-0.4, -0.2) is 18.0 Å². The molecule has 1 heterocycles. The molecule has 0 fully saturated rings. The van der Waals surface area contributed by atoms with Crippen LogP contribution < -0.4 is 0 Å². The van der Waals surface area contributed by atoms with Gasteiger partial charge in [0.05, 0.1) is 0 Å². The molecule has 1 heteroatoms. The summed E-state index contributed by atoms with van der Waals surface area (Å²) in [7, 11) is 0. The van der Waals surface area contributed by atoms with E-state index in [9.17, 15) is 0 Å². The molecule has 0 spiro atoms. The summed E-state index contributed by atoms with van der Waals surface area (Å²) >= 11 is 0. The molecule has 0 saturated heterocycles. The van der Waals surface area contributed by atoms with Crippen LogP contribution in [0.1, 0.15) is 41.0 Å². The average Bonchev–Trinajstić information content (AvgIpc) is 1.97. The second kappa shape index (κ2) is 3.73. The summed E-state index contributed by atoms with van der Waals surface area (Å²) in [5.74, 6) is 0.769. The van der Waals surface area contributed by atoms with Gasteiger partial charge in [-0.15, -0.1) is 0 Å². The Morgan fingerprint density at radius 2 is 2.08 bits per heavy atom. The van der Waals surface area contributed by atoms with Gasteiger partial charge in [-0.05, 0) is 30.9 Å². The Labute approximate surface area is 82.8 Å². The van der Waals surface area contributed by atoms with Crippen LogP contribution in [0, 0.1) is 11.3 Å². The zero-order chi connectivity index (χ0) is 10.1. The van der Waals surface area contributed by atoms with Crippen LogP contribution in [0.3, 0.4) is 0 Å². The molecule has 0 radical (unpaired) electrons. The summed E-state index contributed by atoms with van der Waals surface area (Å²) in [5, 5.41) is 0. The van der Waals surface area contributed by atoms with E-state index in [0.29, 0.717) is 5.41 Å². The molecule has 1 aliphatic rings. The summed E-state index contributed by atoms with van der Waals surface area (Å²) in [6.07, 6.45) is 3.64. The third kappa shape index (κ3) is 2.75. The lowest BCUT2D eigenvalue weighted by molar-refractivity contribution is 0.243. The molecular weight excluding hydrogens is 158 g/mol. The van der Waals surface area contributed by atoms with Gasteiger partial charge >= 0.3 is 0 Å². The Morgan fingerprint density at radius 3 is 2.54 bits per heavy atom. The molecule has 1 nitrogen and oxygen atoms in total. The molecule has 0 aromatic carbocycles. The summed E-state index contributed by atoms with van der Waals surface area (Å²) in [6, 6.07) is 0. The third-order valence-electron chi connectivity index (χ3n) is 3.07. The second-order valence-electron chi connectivity index (χ2n) is 5.33. The molecule has 0 saturated carbocycles. The molecule has 1 aliphatic heterocycles. The van der Waals surface area contributed by atoms with Crippen molar-refractivity contribution in [2.24, 2.45) is 11.3 Å². The molecule has 1 rings (SSSR count). The maximum absolute atomic E-state index is 2.46. The predicted molar refractivity (Wildman–Crippen MR) is 58.6 cm³/mol. The minimum atomic E-state index is 0.424. The van der Waals surface area contributed by atoms with E-state index in [1.54, 1.807) is 0 Å². The number of nitrogens with zero attached hydrogens (tertiary/aromatic N) is 1. The molecule has 0 aliphatic carbocycles. The van der Waals surface area contributed by atoms with E-state index in [-0.39, 0.29) is 0 Å². The lowest BCUT2D eigenvalue weighted by Gasteiger charge is -2.37. The fourth-order valence-corrected chi connectivity index (χ4v) is 1.75. The van der Waals surface area contributed by atoms with Crippen molar-refractivity contribution < 1.29 is 0 Å². The smallest absolute Gasteiger partial charge is 0.0195 e. The van der Waals surface area contributed by atoms with Crippen molar-refractivity contribution in [1.82, 2.24) is 4.90 Å². The Hall–Kier alpha value is -0.460. The van der Waals surface area contributed by atoms with Crippen molar-refractivity contribution in [1.29, 1.82) is 0 Å². The molecule has 0 aromatic heterocycles. The third-order valence-corrected chi connectivity index (χ3v) is 3.07. The SMILES string of the molecule is CC1=CN(CC(C)C)CCC1(C)C. The van der Waals surface area contributed by atoms with E-state index < -0.39 is 0 Å². The monoisotopic (exact) mass is 181 g/mol. The Kier molecular flexibility index (Phi) is 3.05. The van der Waals surface area contributed by atoms with E-state index in [4.69, 9.17) is 0 Å². The molecule has 0 amide bonds.